The molecule has 0 aromatic heterocycles. The highest BCUT2D eigenvalue weighted by Gasteiger charge is 2.40. The predicted octanol–water partition coefficient (Wildman–Crippen LogP) is 10.7. The Morgan fingerprint density at radius 2 is 1.07 bits per heavy atom. The third-order valence-corrected chi connectivity index (χ3v) is 14.3. The molecule has 3 fully saturated rings. The lowest BCUT2D eigenvalue weighted by Crippen LogP contribution is -2.45. The Labute approximate surface area is 414 Å². The highest BCUT2D eigenvalue weighted by Crippen LogP contribution is 2.40. The van der Waals surface area contributed by atoms with Gasteiger partial charge in [-0.3, -0.25) is 28.8 Å². The van der Waals surface area contributed by atoms with Gasteiger partial charge in [-0.05, 0) is 105 Å². The maximum Gasteiger partial charge on any atom is 0.306 e. The Balaban J connectivity index is 0.000000227. The summed E-state index contributed by atoms with van der Waals surface area (Å²) < 4.78 is 9.39. The molecule has 0 N–H and O–H groups in total. The van der Waals surface area contributed by atoms with E-state index < -0.39 is 17.8 Å². The van der Waals surface area contributed by atoms with E-state index in [1.165, 1.54) is 49.4 Å². The molecular weight excluding hydrogens is 867 g/mol. The van der Waals surface area contributed by atoms with Crippen molar-refractivity contribution >= 4 is 41.0 Å². The minimum atomic E-state index is -0.449. The largest absolute Gasteiger partial charge is 0.469 e. The monoisotopic (exact) mass is 950 g/mol. The lowest BCUT2D eigenvalue weighted by molar-refractivity contribution is -0.149. The fourth-order valence-electron chi connectivity index (χ4n) is 9.83. The number of benzene rings is 3. The van der Waals surface area contributed by atoms with Gasteiger partial charge in [-0.1, -0.05) is 127 Å². The molecule has 0 radical (unpaired) electrons. The number of amides is 2. The van der Waals surface area contributed by atoms with Crippen LogP contribution in [-0.4, -0.2) is 90.6 Å². The molecule has 0 spiro atoms. The third-order valence-electron chi connectivity index (χ3n) is 14.3. The average Bonchev–Trinajstić information content (AvgIpc) is 4.11. The first-order valence-electron chi connectivity index (χ1n) is 25.4. The lowest BCUT2D eigenvalue weighted by atomic mass is 9.87. The molecule has 0 bridgehead atoms. The normalized spacial score (nSPS) is 19.8. The standard InChI is InChI=1S/C22H29N.C21H29NO4.C15H25NO4/c1-16-6-9-18(10-7-16)21-15-8-17(2)23(21)20-13-11-19(12-14-20)22(3,4)5;1-14(2)17(13-20(24)26-4)21(25)22-11-5-6-18(22)19(23)12-16-9-7-15(3)8-10-16;1-5-13(17)12-7-6-8-16(12)15(19)11(10(2)3)9-14(18)20-4/h6-7,9-14,17,21H,8,15H2,1-5H3;7-10,14,17-18H,5-6,11-13H2,1-4H3;10-12H,5-9H2,1-4H3/t17-,21+;17-,18-;11-,12-/m100/s1. The number of Topliss-reactive ketones (excluding diaryl/α,β-unsaturated/α-hetero) is 2. The van der Waals surface area contributed by atoms with Gasteiger partial charge in [0.15, 0.2) is 11.6 Å². The van der Waals surface area contributed by atoms with Gasteiger partial charge in [0.25, 0.3) is 0 Å². The molecular formula is C58H83N3O8. The van der Waals surface area contributed by atoms with Crippen LogP contribution in [0.2, 0.25) is 0 Å². The van der Waals surface area contributed by atoms with E-state index in [0.717, 1.165) is 30.4 Å². The summed E-state index contributed by atoms with van der Waals surface area (Å²) in [5.74, 6) is -1.59. The average molecular weight is 950 g/mol. The third kappa shape index (κ3) is 15.6. The maximum absolute atomic E-state index is 13.0. The maximum atomic E-state index is 13.0. The number of carbonyl (C=O) groups excluding carboxylic acids is 6. The van der Waals surface area contributed by atoms with Crippen LogP contribution < -0.4 is 4.90 Å². The molecule has 6 rings (SSSR count). The van der Waals surface area contributed by atoms with Gasteiger partial charge >= 0.3 is 11.9 Å². The number of hydrogen-bond acceptors (Lipinski definition) is 9. The second kappa shape index (κ2) is 26.0. The molecule has 3 aromatic rings. The fourth-order valence-corrected chi connectivity index (χ4v) is 9.83. The number of ketones is 2. The van der Waals surface area contributed by atoms with E-state index in [-0.39, 0.29) is 71.5 Å². The molecule has 378 valence electrons. The molecule has 3 aliphatic heterocycles. The molecule has 11 heteroatoms. The van der Waals surface area contributed by atoms with Crippen LogP contribution in [0.1, 0.15) is 154 Å². The van der Waals surface area contributed by atoms with Crippen molar-refractivity contribution in [3.05, 3.63) is 101 Å². The van der Waals surface area contributed by atoms with E-state index in [4.69, 9.17) is 4.74 Å². The summed E-state index contributed by atoms with van der Waals surface area (Å²) in [5, 5.41) is 0. The summed E-state index contributed by atoms with van der Waals surface area (Å²) in [6.07, 6.45) is 6.52. The Morgan fingerprint density at radius 1 is 0.623 bits per heavy atom. The van der Waals surface area contributed by atoms with E-state index in [1.807, 2.05) is 65.8 Å². The van der Waals surface area contributed by atoms with Gasteiger partial charge in [-0.15, -0.1) is 0 Å². The predicted molar refractivity (Wildman–Crippen MR) is 275 cm³/mol. The quantitative estimate of drug-likeness (QED) is 0.137. The van der Waals surface area contributed by atoms with E-state index in [2.05, 4.69) is 92.8 Å². The van der Waals surface area contributed by atoms with Crippen LogP contribution >= 0.6 is 0 Å². The number of methoxy groups -OCH3 is 2. The SMILES string of the molecule is CCC(=O)[C@@H]1CCCN1C(=O)[C@@H](CC(=O)OC)C(C)C.COC(=O)C[C@H](C(=O)N1CCC[C@H]1C(=O)Cc1ccc(C)cc1)C(C)C.Cc1ccc([C@@H]2CC[C@@H](C)N2c2ccc(C(C)(C)C)cc2)cc1. The van der Waals surface area contributed by atoms with Crippen LogP contribution in [0.25, 0.3) is 0 Å². The number of nitrogens with zero attached hydrogens (tertiary/aromatic N) is 3. The van der Waals surface area contributed by atoms with Crippen LogP contribution in [0.3, 0.4) is 0 Å². The van der Waals surface area contributed by atoms with Gasteiger partial charge in [-0.2, -0.15) is 0 Å². The van der Waals surface area contributed by atoms with Crippen LogP contribution in [0.4, 0.5) is 5.69 Å². The minimum Gasteiger partial charge on any atom is -0.469 e. The summed E-state index contributed by atoms with van der Waals surface area (Å²) in [4.78, 5) is 79.5. The van der Waals surface area contributed by atoms with Gasteiger partial charge in [-0.25, -0.2) is 0 Å². The zero-order valence-corrected chi connectivity index (χ0v) is 44.1. The number of esters is 2. The van der Waals surface area contributed by atoms with E-state index in [9.17, 15) is 28.8 Å². The molecule has 3 heterocycles. The Hall–Kier alpha value is -5.32. The van der Waals surface area contributed by atoms with Gasteiger partial charge < -0.3 is 24.2 Å². The summed E-state index contributed by atoms with van der Waals surface area (Å²) >= 11 is 0. The highest BCUT2D eigenvalue weighted by atomic mass is 16.5. The summed E-state index contributed by atoms with van der Waals surface area (Å²) in [5.41, 5.74) is 7.87. The van der Waals surface area contributed by atoms with E-state index in [0.29, 0.717) is 44.4 Å². The number of aryl methyl sites for hydroxylation is 2. The second-order valence-electron chi connectivity index (χ2n) is 21.1. The van der Waals surface area contributed by atoms with Crippen molar-refractivity contribution in [1.82, 2.24) is 9.80 Å². The molecule has 2 amide bonds. The highest BCUT2D eigenvalue weighted by molar-refractivity contribution is 5.93. The fraction of sp³-hybridized carbons (Fsp3) is 0.586. The zero-order chi connectivity index (χ0) is 51.2. The van der Waals surface area contributed by atoms with Gasteiger partial charge in [0, 0.05) is 37.7 Å². The van der Waals surface area contributed by atoms with Crippen molar-refractivity contribution < 1.29 is 38.2 Å². The minimum absolute atomic E-state index is 0.00931. The Morgan fingerprint density at radius 3 is 1.49 bits per heavy atom. The number of anilines is 1. The molecule has 3 aliphatic rings. The van der Waals surface area contributed by atoms with Crippen LogP contribution in [0, 0.1) is 37.5 Å². The Kier molecular flexibility index (Phi) is 21.2. The molecule has 0 unspecified atom stereocenters. The number of rotatable bonds is 15. The summed E-state index contributed by atoms with van der Waals surface area (Å²) in [6.45, 7) is 24.0. The van der Waals surface area contributed by atoms with Crippen LogP contribution in [-0.2, 0) is 50.1 Å². The smallest absolute Gasteiger partial charge is 0.306 e. The first kappa shape index (κ1) is 56.3. The van der Waals surface area contributed by atoms with Crippen LogP contribution in [0.15, 0.2) is 72.8 Å². The molecule has 0 saturated carbocycles. The number of hydrogen-bond donors (Lipinski definition) is 0. The Bertz CT molecular complexity index is 2150. The van der Waals surface area contributed by atoms with Gasteiger partial charge in [0.1, 0.15) is 0 Å². The molecule has 6 atom stereocenters. The number of likely N-dealkylation sites (tertiary alicyclic amines) is 2. The van der Waals surface area contributed by atoms with E-state index in [1.54, 1.807) is 9.80 Å². The van der Waals surface area contributed by atoms with Crippen molar-refractivity contribution in [3.8, 4) is 0 Å². The van der Waals surface area contributed by atoms with E-state index >= 15 is 0 Å². The summed E-state index contributed by atoms with van der Waals surface area (Å²) in [7, 11) is 2.65. The molecule has 3 aromatic carbocycles. The lowest BCUT2D eigenvalue weighted by Gasteiger charge is -2.32. The summed E-state index contributed by atoms with van der Waals surface area (Å²) in [6, 6.07) is 26.6. The van der Waals surface area contributed by atoms with Crippen molar-refractivity contribution in [2.75, 3.05) is 32.2 Å². The van der Waals surface area contributed by atoms with Gasteiger partial charge in [0.2, 0.25) is 11.8 Å². The van der Waals surface area contributed by atoms with Crippen molar-refractivity contribution in [2.45, 2.75) is 170 Å². The second-order valence-corrected chi connectivity index (χ2v) is 21.1. The van der Waals surface area contributed by atoms with Crippen LogP contribution in [0.5, 0.6) is 0 Å². The topological polar surface area (TPSA) is 131 Å². The van der Waals surface area contributed by atoms with Crippen molar-refractivity contribution in [3.63, 3.8) is 0 Å². The van der Waals surface area contributed by atoms with Crippen molar-refractivity contribution in [2.24, 2.45) is 23.7 Å². The first-order valence-corrected chi connectivity index (χ1v) is 25.4. The molecule has 11 nitrogen and oxygen atoms in total. The number of ether oxygens (including phenoxy) is 2. The number of carbonyl (C=O) groups is 6. The van der Waals surface area contributed by atoms with Gasteiger partial charge in [0.05, 0.1) is 57.0 Å². The van der Waals surface area contributed by atoms with Crippen molar-refractivity contribution in [1.29, 1.82) is 0 Å². The molecule has 3 saturated heterocycles. The molecule has 0 aliphatic carbocycles. The zero-order valence-electron chi connectivity index (χ0n) is 44.1. The first-order chi connectivity index (χ1) is 32.6. The molecule has 69 heavy (non-hydrogen) atoms.